The molecule has 0 bridgehead atoms. The highest BCUT2D eigenvalue weighted by Crippen LogP contribution is 2.47. The Labute approximate surface area is 309 Å². The Morgan fingerprint density at radius 3 is 1.12 bits per heavy atom. The molecule has 0 unspecified atom stereocenters. The summed E-state index contributed by atoms with van der Waals surface area (Å²) in [5.41, 5.74) is 5.69. The monoisotopic (exact) mass is 746 g/mol. The standard InChI is InChI=1S/C45H35BrN2O4/c1-44(2,3)24-19-25(45(4,5)6)21-27(20-24)48-42(51)34-17-13-30-28-11-15-32-38-33(41(50)47(40(32)49)26-9-7-23(22-46)8-10-26)16-12-29(36(28)38)31-14-18-35(43(48)52)39(34)37(30)31/h7-21H,22H2,1-6H3. The number of nitrogens with zero attached hydrogens (tertiary/aromatic N) is 2. The van der Waals surface area contributed by atoms with Crippen LogP contribution in [-0.4, -0.2) is 23.6 Å². The minimum atomic E-state index is -0.370. The van der Waals surface area contributed by atoms with Crippen molar-refractivity contribution in [1.29, 1.82) is 0 Å². The molecule has 6 nitrogen and oxygen atoms in total. The highest BCUT2D eigenvalue weighted by molar-refractivity contribution is 9.08. The predicted octanol–water partition coefficient (Wildman–Crippen LogP) is 10.8. The van der Waals surface area contributed by atoms with E-state index in [0.29, 0.717) is 49.7 Å². The summed E-state index contributed by atoms with van der Waals surface area (Å²) >= 11 is 3.46. The smallest absolute Gasteiger partial charge is 0.265 e. The fraction of sp³-hybridized carbons (Fsp3) is 0.200. The van der Waals surface area contributed by atoms with Crippen molar-refractivity contribution in [2.75, 3.05) is 9.80 Å². The van der Waals surface area contributed by atoms with E-state index in [-0.39, 0.29) is 34.5 Å². The summed E-state index contributed by atoms with van der Waals surface area (Å²) in [4.78, 5) is 59.7. The molecule has 256 valence electrons. The topological polar surface area (TPSA) is 74.8 Å². The molecule has 9 rings (SSSR count). The van der Waals surface area contributed by atoms with Crippen LogP contribution in [0.15, 0.2) is 91.0 Å². The Balaban J connectivity index is 1.25. The van der Waals surface area contributed by atoms with E-state index in [1.54, 1.807) is 24.3 Å². The average Bonchev–Trinajstić information content (AvgIpc) is 3.11. The van der Waals surface area contributed by atoms with Crippen LogP contribution in [0.5, 0.6) is 0 Å². The lowest BCUT2D eigenvalue weighted by atomic mass is 9.80. The van der Waals surface area contributed by atoms with Gasteiger partial charge in [0.2, 0.25) is 0 Å². The van der Waals surface area contributed by atoms with E-state index in [1.165, 1.54) is 9.80 Å². The normalized spacial score (nSPS) is 15.0. The predicted molar refractivity (Wildman–Crippen MR) is 213 cm³/mol. The number of alkyl halides is 1. The van der Waals surface area contributed by atoms with Gasteiger partial charge >= 0.3 is 0 Å². The third-order valence-electron chi connectivity index (χ3n) is 10.9. The van der Waals surface area contributed by atoms with Gasteiger partial charge in [0.05, 0.1) is 11.4 Å². The Kier molecular flexibility index (Phi) is 6.76. The van der Waals surface area contributed by atoms with E-state index in [4.69, 9.17) is 0 Å². The van der Waals surface area contributed by atoms with E-state index < -0.39 is 0 Å². The highest BCUT2D eigenvalue weighted by Gasteiger charge is 2.38. The minimum absolute atomic E-state index is 0.197. The molecule has 2 aliphatic rings. The number of fused-ring (bicyclic) bond motifs is 2. The van der Waals surface area contributed by atoms with Gasteiger partial charge in [-0.2, -0.15) is 0 Å². The largest absolute Gasteiger partial charge is 0.268 e. The molecular formula is C45H35BrN2O4. The first-order valence-corrected chi connectivity index (χ1v) is 18.6. The van der Waals surface area contributed by atoms with E-state index >= 15 is 0 Å². The zero-order valence-electron chi connectivity index (χ0n) is 29.8. The molecule has 2 heterocycles. The van der Waals surface area contributed by atoms with E-state index in [9.17, 15) is 19.2 Å². The molecule has 0 radical (unpaired) electrons. The van der Waals surface area contributed by atoms with Gasteiger partial charge in [-0.25, -0.2) is 9.80 Å². The minimum Gasteiger partial charge on any atom is -0.268 e. The van der Waals surface area contributed by atoms with Crippen LogP contribution in [0.4, 0.5) is 11.4 Å². The van der Waals surface area contributed by atoms with Crippen molar-refractivity contribution in [3.8, 4) is 0 Å². The average molecular weight is 748 g/mol. The number of benzene rings is 7. The van der Waals surface area contributed by atoms with Gasteiger partial charge in [-0.1, -0.05) is 99.9 Å². The number of rotatable bonds is 3. The lowest BCUT2D eigenvalue weighted by molar-refractivity contribution is 0.0877. The summed E-state index contributed by atoms with van der Waals surface area (Å²) in [7, 11) is 0. The number of hydrogen-bond acceptors (Lipinski definition) is 4. The molecule has 7 heteroatoms. The van der Waals surface area contributed by atoms with Crippen LogP contribution in [0.1, 0.15) is 99.7 Å². The van der Waals surface area contributed by atoms with Gasteiger partial charge in [-0.3, -0.25) is 19.2 Å². The summed E-state index contributed by atoms with van der Waals surface area (Å²) in [5, 5.41) is 7.02. The van der Waals surface area contributed by atoms with Gasteiger partial charge in [0.15, 0.2) is 0 Å². The molecule has 0 aliphatic carbocycles. The molecule has 52 heavy (non-hydrogen) atoms. The Bertz CT molecular complexity index is 2620. The number of carbonyl (C=O) groups excluding carboxylic acids is 4. The van der Waals surface area contributed by atoms with E-state index in [0.717, 1.165) is 49.0 Å². The van der Waals surface area contributed by atoms with Crippen LogP contribution >= 0.6 is 15.9 Å². The van der Waals surface area contributed by atoms with E-state index in [1.807, 2.05) is 60.7 Å². The van der Waals surface area contributed by atoms with Crippen LogP contribution in [-0.2, 0) is 16.2 Å². The second-order valence-corrected chi connectivity index (χ2v) is 16.7. The number of imide groups is 2. The summed E-state index contributed by atoms with van der Waals surface area (Å²) < 4.78 is 0. The molecule has 0 saturated heterocycles. The van der Waals surface area contributed by atoms with Crippen molar-refractivity contribution in [2.24, 2.45) is 0 Å². The van der Waals surface area contributed by atoms with Crippen LogP contribution in [0.3, 0.4) is 0 Å². The van der Waals surface area contributed by atoms with Crippen LogP contribution in [0, 0.1) is 0 Å². The van der Waals surface area contributed by atoms with Gasteiger partial charge in [0.1, 0.15) is 0 Å². The number of halogens is 1. The van der Waals surface area contributed by atoms with Gasteiger partial charge in [-0.15, -0.1) is 0 Å². The van der Waals surface area contributed by atoms with Crippen molar-refractivity contribution < 1.29 is 19.2 Å². The van der Waals surface area contributed by atoms with Crippen molar-refractivity contribution in [3.63, 3.8) is 0 Å². The van der Waals surface area contributed by atoms with Crippen molar-refractivity contribution in [3.05, 3.63) is 130 Å². The molecular weight excluding hydrogens is 712 g/mol. The maximum absolute atomic E-state index is 14.5. The van der Waals surface area contributed by atoms with Gasteiger partial charge in [0.25, 0.3) is 23.6 Å². The quantitative estimate of drug-likeness (QED) is 0.0781. The molecule has 7 aromatic carbocycles. The Morgan fingerprint density at radius 1 is 0.442 bits per heavy atom. The highest BCUT2D eigenvalue weighted by atomic mass is 79.9. The molecule has 0 saturated carbocycles. The molecule has 0 N–H and O–H groups in total. The van der Waals surface area contributed by atoms with E-state index in [2.05, 4.69) is 63.5 Å². The molecule has 4 amide bonds. The Hall–Kier alpha value is -5.40. The second-order valence-electron chi connectivity index (χ2n) is 16.1. The summed E-state index contributed by atoms with van der Waals surface area (Å²) in [6.07, 6.45) is 0. The third-order valence-corrected chi connectivity index (χ3v) is 11.5. The number of anilines is 2. The van der Waals surface area contributed by atoms with Crippen molar-refractivity contribution >= 4 is 94.0 Å². The molecule has 0 atom stereocenters. The number of carbonyl (C=O) groups is 4. The fourth-order valence-corrected chi connectivity index (χ4v) is 8.45. The van der Waals surface area contributed by atoms with Crippen molar-refractivity contribution in [2.45, 2.75) is 57.7 Å². The maximum atomic E-state index is 14.5. The number of hydrogen-bond donors (Lipinski definition) is 0. The van der Waals surface area contributed by atoms with Gasteiger partial charge in [-0.05, 0) is 108 Å². The fourth-order valence-electron chi connectivity index (χ4n) is 8.08. The van der Waals surface area contributed by atoms with Crippen LogP contribution in [0.2, 0.25) is 0 Å². The van der Waals surface area contributed by atoms with Gasteiger partial charge < -0.3 is 0 Å². The van der Waals surface area contributed by atoms with Crippen LogP contribution in [0.25, 0.3) is 43.1 Å². The zero-order chi connectivity index (χ0) is 36.6. The lowest BCUT2D eigenvalue weighted by Gasteiger charge is -2.32. The van der Waals surface area contributed by atoms with Crippen molar-refractivity contribution in [1.82, 2.24) is 0 Å². The molecule has 0 aromatic heterocycles. The maximum Gasteiger partial charge on any atom is 0.265 e. The molecule has 7 aromatic rings. The summed E-state index contributed by atoms with van der Waals surface area (Å²) in [6.45, 7) is 12.8. The van der Waals surface area contributed by atoms with Crippen LogP contribution < -0.4 is 9.80 Å². The second kappa shape index (κ2) is 10.8. The van der Waals surface area contributed by atoms with Gasteiger partial charge in [0, 0.05) is 38.4 Å². The SMILES string of the molecule is CC(C)(C)c1cc(N2C(=O)c3ccc4c5ccc6c7c(ccc(c8ccc(c3c48)C2=O)c75)C(=O)N(c2ccc(CBr)cc2)C6=O)cc(C(C)(C)C)c1. The lowest BCUT2D eigenvalue weighted by Crippen LogP contribution is -2.41. The first-order chi connectivity index (χ1) is 24.7. The number of amides is 4. The first kappa shape index (κ1) is 32.5. The zero-order valence-corrected chi connectivity index (χ0v) is 31.4. The molecule has 0 fully saturated rings. The first-order valence-electron chi connectivity index (χ1n) is 17.5. The summed E-state index contributed by atoms with van der Waals surface area (Å²) in [5.74, 6) is -1.46. The molecule has 0 spiro atoms. The summed E-state index contributed by atoms with van der Waals surface area (Å²) in [6, 6.07) is 28.5. The molecule has 2 aliphatic heterocycles. The Morgan fingerprint density at radius 2 is 0.788 bits per heavy atom. The third kappa shape index (κ3) is 4.41.